The minimum Gasteiger partial charge on any atom is -0.247 e. The van der Waals surface area contributed by atoms with Crippen LogP contribution in [0.4, 0.5) is 13.2 Å². The Kier molecular flexibility index (Phi) is 4.05. The Balaban J connectivity index is 2.17. The first-order chi connectivity index (χ1) is 11.8. The van der Waals surface area contributed by atoms with Crippen LogP contribution in [0.5, 0.6) is 0 Å². The number of hydrogen-bond donors (Lipinski definition) is 1. The largest absolute Gasteiger partial charge is 0.416 e. The zero-order valence-corrected chi connectivity index (χ0v) is 13.4. The van der Waals surface area contributed by atoms with Crippen molar-refractivity contribution < 1.29 is 13.2 Å². The van der Waals surface area contributed by atoms with E-state index in [1.165, 1.54) is 0 Å². The Morgan fingerprint density at radius 2 is 1.52 bits per heavy atom. The van der Waals surface area contributed by atoms with Gasteiger partial charge in [-0.3, -0.25) is 0 Å². The van der Waals surface area contributed by atoms with Gasteiger partial charge in [-0.1, -0.05) is 17.3 Å². The number of rotatable bonds is 2. The number of aryl methyl sites for hydroxylation is 2. The van der Waals surface area contributed by atoms with E-state index >= 15 is 0 Å². The van der Waals surface area contributed by atoms with Crippen LogP contribution in [0, 0.1) is 25.2 Å². The molecule has 0 amide bonds. The lowest BCUT2D eigenvalue weighted by atomic mass is 9.95. The fraction of sp³-hybridized carbons (Fsp3) is 0.167. The quantitative estimate of drug-likeness (QED) is 0.737. The van der Waals surface area contributed by atoms with Gasteiger partial charge in [0.25, 0.3) is 0 Å². The number of nitriles is 1. The number of H-pyrrole nitrogens is 1. The molecule has 25 heavy (non-hydrogen) atoms. The van der Waals surface area contributed by atoms with E-state index in [4.69, 9.17) is 5.26 Å². The lowest BCUT2D eigenvalue weighted by molar-refractivity contribution is -0.137. The molecule has 0 spiro atoms. The van der Waals surface area contributed by atoms with Gasteiger partial charge in [0.05, 0.1) is 5.56 Å². The highest BCUT2D eigenvalue weighted by molar-refractivity contribution is 5.75. The summed E-state index contributed by atoms with van der Waals surface area (Å²) in [6.07, 6.45) is -4.41. The van der Waals surface area contributed by atoms with Crippen LogP contribution < -0.4 is 0 Å². The smallest absolute Gasteiger partial charge is 0.247 e. The number of aromatic nitrogens is 3. The fourth-order valence-electron chi connectivity index (χ4n) is 2.71. The molecule has 0 unspecified atom stereocenters. The Morgan fingerprint density at radius 1 is 0.920 bits per heavy atom. The minimum absolute atomic E-state index is 0.205. The zero-order chi connectivity index (χ0) is 18.2. The van der Waals surface area contributed by atoms with Gasteiger partial charge in [0, 0.05) is 5.56 Å². The summed E-state index contributed by atoms with van der Waals surface area (Å²) in [5.74, 6) is 0. The van der Waals surface area contributed by atoms with Crippen molar-refractivity contribution in [3.05, 3.63) is 58.8 Å². The van der Waals surface area contributed by atoms with Crippen molar-refractivity contribution in [2.75, 3.05) is 0 Å². The number of hydrogen-bond acceptors (Lipinski definition) is 3. The van der Waals surface area contributed by atoms with Gasteiger partial charge in [0.2, 0.25) is 0 Å². The van der Waals surface area contributed by atoms with Crippen molar-refractivity contribution in [1.29, 1.82) is 5.26 Å². The molecular weight excluding hydrogens is 329 g/mol. The minimum atomic E-state index is -4.41. The van der Waals surface area contributed by atoms with Gasteiger partial charge in [0.15, 0.2) is 5.69 Å². The summed E-state index contributed by atoms with van der Waals surface area (Å²) < 4.78 is 39.3. The molecule has 1 aromatic heterocycles. The first-order valence-corrected chi connectivity index (χ1v) is 7.40. The highest BCUT2D eigenvalue weighted by Crippen LogP contribution is 2.35. The first kappa shape index (κ1) is 16.7. The summed E-state index contributed by atoms with van der Waals surface area (Å²) in [5, 5.41) is 19.1. The van der Waals surface area contributed by atoms with Gasteiger partial charge in [-0.2, -0.15) is 18.4 Å². The summed E-state index contributed by atoms with van der Waals surface area (Å²) >= 11 is 0. The summed E-state index contributed by atoms with van der Waals surface area (Å²) in [4.78, 5) is 0. The van der Waals surface area contributed by atoms with Crippen molar-refractivity contribution in [2.24, 2.45) is 0 Å². The summed E-state index contributed by atoms with van der Waals surface area (Å²) in [6.45, 7) is 3.46. The molecule has 0 aliphatic carbocycles. The second-order valence-electron chi connectivity index (χ2n) is 5.82. The summed E-state index contributed by atoms with van der Waals surface area (Å²) in [7, 11) is 0. The molecule has 126 valence electrons. The van der Waals surface area contributed by atoms with Crippen LogP contribution in [0.2, 0.25) is 0 Å². The lowest BCUT2D eigenvalue weighted by Gasteiger charge is -2.12. The number of aromatic amines is 1. The fourth-order valence-corrected chi connectivity index (χ4v) is 2.71. The van der Waals surface area contributed by atoms with Gasteiger partial charge < -0.3 is 0 Å². The van der Waals surface area contributed by atoms with Gasteiger partial charge in [-0.15, -0.1) is 5.10 Å². The predicted octanol–water partition coefficient (Wildman–Crippen LogP) is 4.65. The van der Waals surface area contributed by atoms with Crippen LogP contribution in [0.25, 0.3) is 22.4 Å². The van der Waals surface area contributed by atoms with E-state index in [0.717, 1.165) is 17.7 Å². The third kappa shape index (κ3) is 3.38. The molecule has 0 aliphatic rings. The van der Waals surface area contributed by atoms with Gasteiger partial charge in [0.1, 0.15) is 11.8 Å². The molecule has 0 fully saturated rings. The van der Waals surface area contributed by atoms with E-state index in [0.29, 0.717) is 27.9 Å². The van der Waals surface area contributed by atoms with E-state index in [1.807, 2.05) is 19.1 Å². The molecule has 3 rings (SSSR count). The monoisotopic (exact) mass is 342 g/mol. The topological polar surface area (TPSA) is 65.4 Å². The highest BCUT2D eigenvalue weighted by Gasteiger charge is 2.31. The molecule has 0 radical (unpaired) electrons. The Morgan fingerprint density at radius 3 is 2.16 bits per heavy atom. The van der Waals surface area contributed by atoms with Crippen molar-refractivity contribution in [3.8, 4) is 28.5 Å². The average Bonchev–Trinajstić information content (AvgIpc) is 3.01. The molecule has 0 saturated carbocycles. The molecule has 7 heteroatoms. The van der Waals surface area contributed by atoms with E-state index in [9.17, 15) is 13.2 Å². The van der Waals surface area contributed by atoms with E-state index < -0.39 is 11.7 Å². The van der Waals surface area contributed by atoms with Crippen LogP contribution in [0.3, 0.4) is 0 Å². The van der Waals surface area contributed by atoms with E-state index in [-0.39, 0.29) is 5.69 Å². The van der Waals surface area contributed by atoms with Crippen molar-refractivity contribution in [3.63, 3.8) is 0 Å². The molecular formula is C18H13F3N4. The molecule has 0 bridgehead atoms. The Labute approximate surface area is 141 Å². The molecule has 1 N–H and O–H groups in total. The van der Waals surface area contributed by atoms with Crippen molar-refractivity contribution >= 4 is 0 Å². The van der Waals surface area contributed by atoms with Crippen LogP contribution >= 0.6 is 0 Å². The maximum Gasteiger partial charge on any atom is 0.416 e. The normalized spacial score (nSPS) is 11.4. The SMILES string of the molecule is Cc1cc(-c2cc(C)cc(C(F)(F)F)c2)cc(-c2nn[nH]c2C#N)c1. The second-order valence-corrected chi connectivity index (χ2v) is 5.82. The standard InChI is InChI=1S/C18H13F3N4/c1-10-3-12(7-14(5-10)17-16(9-22)23-25-24-17)13-4-11(2)6-15(8-13)18(19,20)21/h3-8H,1-2H3,(H,23,24,25). The molecule has 0 aliphatic heterocycles. The van der Waals surface area contributed by atoms with Crippen LogP contribution in [-0.2, 0) is 6.18 Å². The number of nitrogens with zero attached hydrogens (tertiary/aromatic N) is 3. The second kappa shape index (κ2) is 6.06. The van der Waals surface area contributed by atoms with Gasteiger partial charge >= 0.3 is 6.18 Å². The van der Waals surface area contributed by atoms with E-state index in [1.54, 1.807) is 25.1 Å². The van der Waals surface area contributed by atoms with Gasteiger partial charge in [-0.25, -0.2) is 5.10 Å². The molecule has 3 aromatic rings. The van der Waals surface area contributed by atoms with Crippen LogP contribution in [0.1, 0.15) is 22.4 Å². The summed E-state index contributed by atoms with van der Waals surface area (Å²) in [5.41, 5.74) is 2.95. The van der Waals surface area contributed by atoms with Crippen LogP contribution in [-0.4, -0.2) is 15.4 Å². The van der Waals surface area contributed by atoms with E-state index in [2.05, 4.69) is 15.4 Å². The molecule has 2 aromatic carbocycles. The predicted molar refractivity (Wildman–Crippen MR) is 86.4 cm³/mol. The lowest BCUT2D eigenvalue weighted by Crippen LogP contribution is -2.05. The van der Waals surface area contributed by atoms with Crippen molar-refractivity contribution in [2.45, 2.75) is 20.0 Å². The first-order valence-electron chi connectivity index (χ1n) is 7.40. The highest BCUT2D eigenvalue weighted by atomic mass is 19.4. The Bertz CT molecular complexity index is 981. The number of benzene rings is 2. The van der Waals surface area contributed by atoms with Crippen LogP contribution in [0.15, 0.2) is 36.4 Å². The Hall–Kier alpha value is -3.14. The number of halogens is 3. The molecule has 0 atom stereocenters. The third-order valence-corrected chi connectivity index (χ3v) is 3.75. The molecule has 1 heterocycles. The molecule has 4 nitrogen and oxygen atoms in total. The van der Waals surface area contributed by atoms with Crippen molar-refractivity contribution in [1.82, 2.24) is 15.4 Å². The number of alkyl halides is 3. The average molecular weight is 342 g/mol. The van der Waals surface area contributed by atoms with Gasteiger partial charge in [-0.05, 0) is 60.4 Å². The maximum atomic E-state index is 13.1. The zero-order valence-electron chi connectivity index (χ0n) is 13.4. The number of nitrogens with one attached hydrogen (secondary N) is 1. The maximum absolute atomic E-state index is 13.1. The summed E-state index contributed by atoms with van der Waals surface area (Å²) in [6, 6.07) is 11.2. The molecule has 0 saturated heterocycles. The third-order valence-electron chi connectivity index (χ3n) is 3.75.